The number of aromatic nitrogens is 4. The number of likely N-dealkylation sites (tertiary alicyclic amines) is 1. The summed E-state index contributed by atoms with van der Waals surface area (Å²) >= 11 is 0. The maximum atomic E-state index is 13.0. The average Bonchev–Trinajstić information content (AvgIpc) is 3.44. The second-order valence-corrected chi connectivity index (χ2v) is 8.91. The van der Waals surface area contributed by atoms with E-state index in [1.54, 1.807) is 0 Å². The minimum Gasteiger partial charge on any atom is -0.354 e. The van der Waals surface area contributed by atoms with Crippen LogP contribution in [0.25, 0.3) is 0 Å². The molecule has 2 aromatic rings. The summed E-state index contributed by atoms with van der Waals surface area (Å²) in [6.07, 6.45) is 8.84. The zero-order valence-corrected chi connectivity index (χ0v) is 18.8. The van der Waals surface area contributed by atoms with Gasteiger partial charge in [-0.05, 0) is 32.8 Å². The van der Waals surface area contributed by atoms with E-state index in [2.05, 4.69) is 37.0 Å². The fourth-order valence-electron chi connectivity index (χ4n) is 4.51. The Morgan fingerprint density at radius 2 is 1.90 bits per heavy atom. The van der Waals surface area contributed by atoms with Gasteiger partial charge in [0.1, 0.15) is 5.82 Å². The van der Waals surface area contributed by atoms with Gasteiger partial charge in [-0.1, -0.05) is 6.92 Å². The minimum atomic E-state index is -0.139. The van der Waals surface area contributed by atoms with Crippen LogP contribution in [-0.2, 0) is 17.8 Å². The van der Waals surface area contributed by atoms with Crippen molar-refractivity contribution in [1.29, 1.82) is 0 Å². The van der Waals surface area contributed by atoms with Crippen LogP contribution >= 0.6 is 0 Å². The van der Waals surface area contributed by atoms with Gasteiger partial charge < -0.3 is 10.2 Å². The average molecular weight is 424 g/mol. The number of aryl methyl sites for hydroxylation is 1. The summed E-state index contributed by atoms with van der Waals surface area (Å²) in [5.74, 6) is 1.65. The van der Waals surface area contributed by atoms with Crippen molar-refractivity contribution in [2.45, 2.75) is 58.5 Å². The molecule has 2 saturated heterocycles. The molecule has 2 atom stereocenters. The third-order valence-corrected chi connectivity index (χ3v) is 6.08. The minimum absolute atomic E-state index is 0.0407. The topological polar surface area (TPSA) is 87.1 Å². The molecular formula is C23H33N7O. The van der Waals surface area contributed by atoms with E-state index in [-0.39, 0.29) is 23.8 Å². The zero-order chi connectivity index (χ0) is 21.8. The molecule has 0 unspecified atom stereocenters. The number of anilines is 1. The van der Waals surface area contributed by atoms with Crippen molar-refractivity contribution in [2.24, 2.45) is 5.92 Å². The third-order valence-electron chi connectivity index (χ3n) is 6.08. The van der Waals surface area contributed by atoms with Gasteiger partial charge in [-0.25, -0.2) is 19.9 Å². The number of carbonyl (C=O) groups excluding carboxylic acids is 1. The van der Waals surface area contributed by atoms with Crippen molar-refractivity contribution in [2.75, 3.05) is 31.1 Å². The number of nitrogens with one attached hydrogen (secondary N) is 1. The Kier molecular flexibility index (Phi) is 6.75. The lowest BCUT2D eigenvalue weighted by atomic mass is 9.91. The van der Waals surface area contributed by atoms with Crippen LogP contribution in [0, 0.1) is 5.92 Å². The highest BCUT2D eigenvalue weighted by atomic mass is 16.2. The molecule has 0 spiro atoms. The lowest BCUT2D eigenvalue weighted by molar-refractivity contribution is -0.125. The van der Waals surface area contributed by atoms with Gasteiger partial charge in [-0.2, -0.15) is 0 Å². The van der Waals surface area contributed by atoms with Gasteiger partial charge >= 0.3 is 0 Å². The highest BCUT2D eigenvalue weighted by Crippen LogP contribution is 2.33. The predicted molar refractivity (Wildman–Crippen MR) is 120 cm³/mol. The molecule has 0 aliphatic carbocycles. The fourth-order valence-corrected chi connectivity index (χ4v) is 4.51. The van der Waals surface area contributed by atoms with Crippen molar-refractivity contribution in [1.82, 2.24) is 30.2 Å². The van der Waals surface area contributed by atoms with Crippen LogP contribution in [0.3, 0.4) is 0 Å². The number of rotatable bonds is 7. The van der Waals surface area contributed by atoms with Crippen LogP contribution in [0.4, 0.5) is 5.95 Å². The largest absolute Gasteiger partial charge is 0.354 e. The van der Waals surface area contributed by atoms with Gasteiger partial charge in [-0.15, -0.1) is 0 Å². The van der Waals surface area contributed by atoms with Crippen LogP contribution in [-0.4, -0.2) is 63.0 Å². The number of carbonyl (C=O) groups is 1. The van der Waals surface area contributed by atoms with Crippen molar-refractivity contribution in [3.8, 4) is 0 Å². The molecule has 1 N–H and O–H groups in total. The molecule has 4 rings (SSSR count). The number of nitrogens with zero attached hydrogens (tertiary/aromatic N) is 6. The van der Waals surface area contributed by atoms with E-state index in [0.29, 0.717) is 6.54 Å². The molecular weight excluding hydrogens is 390 g/mol. The van der Waals surface area contributed by atoms with Gasteiger partial charge in [0.15, 0.2) is 0 Å². The molecule has 0 aromatic carbocycles. The first-order chi connectivity index (χ1) is 15.0. The summed E-state index contributed by atoms with van der Waals surface area (Å²) < 4.78 is 0. The van der Waals surface area contributed by atoms with Crippen molar-refractivity contribution >= 4 is 11.9 Å². The molecule has 0 radical (unpaired) electrons. The zero-order valence-electron chi connectivity index (χ0n) is 18.8. The van der Waals surface area contributed by atoms with E-state index in [1.807, 2.05) is 38.5 Å². The van der Waals surface area contributed by atoms with Gasteiger partial charge in [0, 0.05) is 75.3 Å². The van der Waals surface area contributed by atoms with E-state index in [9.17, 15) is 4.79 Å². The van der Waals surface area contributed by atoms with Gasteiger partial charge in [0.05, 0.1) is 11.6 Å². The van der Waals surface area contributed by atoms with Gasteiger partial charge in [0.2, 0.25) is 11.9 Å². The van der Waals surface area contributed by atoms with Crippen molar-refractivity contribution < 1.29 is 4.79 Å². The molecule has 2 aromatic heterocycles. The van der Waals surface area contributed by atoms with Crippen LogP contribution in [0.5, 0.6) is 0 Å². The summed E-state index contributed by atoms with van der Waals surface area (Å²) in [5, 5.41) is 3.11. The Labute approximate surface area is 184 Å². The summed E-state index contributed by atoms with van der Waals surface area (Å²) in [5.41, 5.74) is 2.03. The summed E-state index contributed by atoms with van der Waals surface area (Å²) in [6.45, 7) is 10.3. The monoisotopic (exact) mass is 423 g/mol. The first-order valence-electron chi connectivity index (χ1n) is 11.4. The Morgan fingerprint density at radius 3 is 2.58 bits per heavy atom. The van der Waals surface area contributed by atoms with E-state index in [4.69, 9.17) is 4.98 Å². The molecule has 31 heavy (non-hydrogen) atoms. The van der Waals surface area contributed by atoms with Crippen molar-refractivity contribution in [3.05, 3.63) is 41.7 Å². The normalized spacial score (nSPS) is 21.7. The molecule has 2 aliphatic heterocycles. The van der Waals surface area contributed by atoms with Crippen LogP contribution in [0.2, 0.25) is 0 Å². The molecule has 4 heterocycles. The molecule has 2 fully saturated rings. The van der Waals surface area contributed by atoms with E-state index < -0.39 is 0 Å². The summed E-state index contributed by atoms with van der Waals surface area (Å²) in [4.78, 5) is 35.8. The molecule has 1 amide bonds. The fraction of sp³-hybridized carbons (Fsp3) is 0.609. The Morgan fingerprint density at radius 1 is 1.16 bits per heavy atom. The number of hydrogen-bond donors (Lipinski definition) is 1. The van der Waals surface area contributed by atoms with E-state index in [1.165, 1.54) is 12.8 Å². The van der Waals surface area contributed by atoms with Gasteiger partial charge in [0.25, 0.3) is 0 Å². The maximum Gasteiger partial charge on any atom is 0.225 e. The van der Waals surface area contributed by atoms with Crippen molar-refractivity contribution in [3.63, 3.8) is 0 Å². The standard InChI is InChI=1S/C23H33N7O/c1-4-21-25-11-17(12-26-21)13-29-14-18(19(15-29)22(31)27-16(2)3)20-7-8-24-23(28-20)30-9-5-6-10-30/h7-8,11-12,16,18-19H,4-6,9-10,13-15H2,1-3H3,(H,27,31)/t18-,19-/m0/s1. The number of amides is 1. The first-order valence-corrected chi connectivity index (χ1v) is 11.4. The van der Waals surface area contributed by atoms with Gasteiger partial charge in [-0.3, -0.25) is 9.69 Å². The predicted octanol–water partition coefficient (Wildman–Crippen LogP) is 2.17. The highest BCUT2D eigenvalue weighted by Gasteiger charge is 2.39. The molecule has 166 valence electrons. The highest BCUT2D eigenvalue weighted by molar-refractivity contribution is 5.80. The summed E-state index contributed by atoms with van der Waals surface area (Å²) in [7, 11) is 0. The van der Waals surface area contributed by atoms with Crippen LogP contribution in [0.15, 0.2) is 24.7 Å². The van der Waals surface area contributed by atoms with E-state index >= 15 is 0 Å². The quantitative estimate of drug-likeness (QED) is 0.730. The summed E-state index contributed by atoms with van der Waals surface area (Å²) in [6, 6.07) is 2.09. The number of hydrogen-bond acceptors (Lipinski definition) is 7. The van der Waals surface area contributed by atoms with E-state index in [0.717, 1.165) is 55.6 Å². The first kappa shape index (κ1) is 21.6. The Balaban J connectivity index is 1.54. The Hall–Kier alpha value is -2.61. The molecule has 0 saturated carbocycles. The SMILES string of the molecule is CCc1ncc(CN2C[C@H](C(=O)NC(C)C)[C@@H](c3ccnc(N4CCCC4)n3)C2)cn1. The van der Waals surface area contributed by atoms with Crippen LogP contribution < -0.4 is 10.2 Å². The van der Waals surface area contributed by atoms with Crippen LogP contribution in [0.1, 0.15) is 56.6 Å². The molecule has 0 bridgehead atoms. The smallest absolute Gasteiger partial charge is 0.225 e. The third kappa shape index (κ3) is 5.18. The molecule has 8 nitrogen and oxygen atoms in total. The lowest BCUT2D eigenvalue weighted by Crippen LogP contribution is -2.38. The Bertz CT molecular complexity index is 880. The second-order valence-electron chi connectivity index (χ2n) is 8.91. The molecule has 8 heteroatoms. The maximum absolute atomic E-state index is 13.0. The lowest BCUT2D eigenvalue weighted by Gasteiger charge is -2.21. The second kappa shape index (κ2) is 9.68. The molecule has 2 aliphatic rings.